The van der Waals surface area contributed by atoms with E-state index in [1.807, 2.05) is 18.3 Å². The molecule has 0 aromatic carbocycles. The number of aromatic nitrogens is 1. The minimum Gasteiger partial charge on any atom is -0.354 e. The summed E-state index contributed by atoms with van der Waals surface area (Å²) in [4.78, 5) is 9.23. The molecule has 0 spiro atoms. The quantitative estimate of drug-likeness (QED) is 0.783. The molecule has 1 aliphatic heterocycles. The van der Waals surface area contributed by atoms with E-state index in [4.69, 9.17) is 0 Å². The van der Waals surface area contributed by atoms with Crippen molar-refractivity contribution in [3.8, 4) is 0 Å². The van der Waals surface area contributed by atoms with Crippen LogP contribution in [0.25, 0.3) is 0 Å². The molecule has 4 heteroatoms. The minimum absolute atomic E-state index is 0.928. The minimum atomic E-state index is 0.928. The van der Waals surface area contributed by atoms with E-state index in [1.165, 1.54) is 5.57 Å². The summed E-state index contributed by atoms with van der Waals surface area (Å²) in [6.45, 7) is 13.5. The lowest BCUT2D eigenvalue weighted by molar-refractivity contribution is 0.276. The fraction of sp³-hybridized carbons (Fsp3) is 0.533. The molecule has 0 unspecified atom stereocenters. The highest BCUT2D eigenvalue weighted by atomic mass is 15.3. The third kappa shape index (κ3) is 4.33. The van der Waals surface area contributed by atoms with Crippen LogP contribution in [-0.2, 0) is 0 Å². The van der Waals surface area contributed by atoms with Gasteiger partial charge in [0.15, 0.2) is 0 Å². The summed E-state index contributed by atoms with van der Waals surface area (Å²) in [6, 6.07) is 6.09. The maximum absolute atomic E-state index is 4.41. The first-order valence-electron chi connectivity index (χ1n) is 7.05. The summed E-state index contributed by atoms with van der Waals surface area (Å²) in [6.07, 6.45) is 1.86. The molecule has 1 aliphatic rings. The largest absolute Gasteiger partial charge is 0.354 e. The molecule has 0 bridgehead atoms. The van der Waals surface area contributed by atoms with Crippen molar-refractivity contribution in [3.05, 3.63) is 36.5 Å². The van der Waals surface area contributed by atoms with Crippen LogP contribution in [0.1, 0.15) is 6.92 Å². The number of piperazine rings is 1. The van der Waals surface area contributed by atoms with Crippen LogP contribution >= 0.6 is 0 Å². The van der Waals surface area contributed by atoms with Gasteiger partial charge in [-0.1, -0.05) is 19.6 Å². The van der Waals surface area contributed by atoms with Crippen molar-refractivity contribution in [2.24, 2.45) is 0 Å². The molecule has 1 fully saturated rings. The van der Waals surface area contributed by atoms with Gasteiger partial charge in [0, 0.05) is 45.5 Å². The number of anilines is 1. The van der Waals surface area contributed by atoms with Gasteiger partial charge in [-0.2, -0.15) is 0 Å². The van der Waals surface area contributed by atoms with E-state index < -0.39 is 0 Å². The van der Waals surface area contributed by atoms with Crippen LogP contribution in [-0.4, -0.2) is 55.7 Å². The van der Waals surface area contributed by atoms with Crippen molar-refractivity contribution in [1.29, 1.82) is 0 Å². The second-order valence-electron chi connectivity index (χ2n) is 4.98. The first kappa shape index (κ1) is 14.0. The van der Waals surface area contributed by atoms with Gasteiger partial charge in [-0.25, -0.2) is 4.98 Å². The van der Waals surface area contributed by atoms with E-state index in [9.17, 15) is 0 Å². The lowest BCUT2D eigenvalue weighted by Crippen LogP contribution is -2.47. The molecular formula is C15H24N4. The number of nitrogens with zero attached hydrogens (tertiary/aromatic N) is 3. The van der Waals surface area contributed by atoms with Gasteiger partial charge >= 0.3 is 0 Å². The Morgan fingerprint density at radius 2 is 2.11 bits per heavy atom. The van der Waals surface area contributed by atoms with Crippen LogP contribution in [0, 0.1) is 0 Å². The summed E-state index contributed by atoms with van der Waals surface area (Å²) in [5.74, 6) is 1.09. The Kier molecular flexibility index (Phi) is 5.36. The highest BCUT2D eigenvalue weighted by molar-refractivity contribution is 5.38. The molecule has 1 N–H and O–H groups in total. The molecule has 4 nitrogen and oxygen atoms in total. The maximum Gasteiger partial charge on any atom is 0.128 e. The topological polar surface area (TPSA) is 31.4 Å². The van der Waals surface area contributed by atoms with E-state index >= 15 is 0 Å². The van der Waals surface area contributed by atoms with Crippen LogP contribution in [0.5, 0.6) is 0 Å². The summed E-state index contributed by atoms with van der Waals surface area (Å²) in [5.41, 5.74) is 1.27. The Morgan fingerprint density at radius 1 is 1.32 bits per heavy atom. The number of pyridine rings is 1. The van der Waals surface area contributed by atoms with Crippen molar-refractivity contribution in [1.82, 2.24) is 15.2 Å². The van der Waals surface area contributed by atoms with Gasteiger partial charge < -0.3 is 10.2 Å². The molecule has 0 saturated carbocycles. The number of rotatable bonds is 6. The maximum atomic E-state index is 4.41. The Morgan fingerprint density at radius 3 is 2.74 bits per heavy atom. The lowest BCUT2D eigenvalue weighted by Gasteiger charge is -2.35. The number of likely N-dealkylation sites (N-methyl/N-ethyl adjacent to an activating group) is 1. The smallest absolute Gasteiger partial charge is 0.128 e. The standard InChI is InChI=1S/C15H24N4/c1-3-16-12-14(2)13-18-8-10-19(11-9-18)15-6-4-5-7-17-15/h4-7,16H,2-3,8-13H2,1H3. The number of hydrogen-bond acceptors (Lipinski definition) is 4. The Balaban J connectivity index is 1.75. The molecule has 1 aromatic rings. The lowest BCUT2D eigenvalue weighted by atomic mass is 10.2. The SMILES string of the molecule is C=C(CNCC)CN1CCN(c2ccccn2)CC1. The molecule has 104 valence electrons. The first-order valence-corrected chi connectivity index (χ1v) is 7.05. The van der Waals surface area contributed by atoms with E-state index in [1.54, 1.807) is 0 Å². The van der Waals surface area contributed by atoms with Crippen LogP contribution in [0.15, 0.2) is 36.5 Å². The molecule has 0 radical (unpaired) electrons. The fourth-order valence-corrected chi connectivity index (χ4v) is 2.35. The zero-order valence-electron chi connectivity index (χ0n) is 11.8. The average Bonchev–Trinajstić information content (AvgIpc) is 2.47. The van der Waals surface area contributed by atoms with Gasteiger partial charge in [0.25, 0.3) is 0 Å². The Labute approximate surface area is 116 Å². The molecule has 1 saturated heterocycles. The summed E-state index contributed by atoms with van der Waals surface area (Å²) in [5, 5.41) is 3.33. The van der Waals surface area contributed by atoms with Crippen molar-refractivity contribution in [3.63, 3.8) is 0 Å². The molecule has 2 rings (SSSR count). The van der Waals surface area contributed by atoms with Gasteiger partial charge in [0.05, 0.1) is 0 Å². The Hall–Kier alpha value is -1.39. The molecule has 19 heavy (non-hydrogen) atoms. The van der Waals surface area contributed by atoms with Crippen molar-refractivity contribution >= 4 is 5.82 Å². The van der Waals surface area contributed by atoms with Crippen molar-refractivity contribution in [2.45, 2.75) is 6.92 Å². The summed E-state index contributed by atoms with van der Waals surface area (Å²) in [7, 11) is 0. The van der Waals surface area contributed by atoms with Crippen molar-refractivity contribution in [2.75, 3.05) is 50.7 Å². The Bertz CT molecular complexity index is 382. The van der Waals surface area contributed by atoms with E-state index in [-0.39, 0.29) is 0 Å². The molecular weight excluding hydrogens is 236 g/mol. The molecule has 0 aliphatic carbocycles. The second-order valence-corrected chi connectivity index (χ2v) is 4.98. The third-order valence-electron chi connectivity index (χ3n) is 3.42. The second kappa shape index (κ2) is 7.26. The van der Waals surface area contributed by atoms with E-state index in [0.717, 1.165) is 51.6 Å². The summed E-state index contributed by atoms with van der Waals surface area (Å²) < 4.78 is 0. The van der Waals surface area contributed by atoms with Gasteiger partial charge in [-0.3, -0.25) is 4.90 Å². The number of hydrogen-bond donors (Lipinski definition) is 1. The van der Waals surface area contributed by atoms with Gasteiger partial charge in [-0.15, -0.1) is 0 Å². The van der Waals surface area contributed by atoms with Gasteiger partial charge in [0.2, 0.25) is 0 Å². The predicted octanol–water partition coefficient (Wildman–Crippen LogP) is 1.37. The monoisotopic (exact) mass is 260 g/mol. The predicted molar refractivity (Wildman–Crippen MR) is 80.6 cm³/mol. The van der Waals surface area contributed by atoms with Crippen LogP contribution in [0.4, 0.5) is 5.82 Å². The van der Waals surface area contributed by atoms with E-state index in [2.05, 4.69) is 39.7 Å². The van der Waals surface area contributed by atoms with Gasteiger partial charge in [-0.05, 0) is 24.3 Å². The first-order chi connectivity index (χ1) is 9.29. The fourth-order valence-electron chi connectivity index (χ4n) is 2.35. The zero-order chi connectivity index (χ0) is 13.5. The van der Waals surface area contributed by atoms with Crippen LogP contribution in [0.2, 0.25) is 0 Å². The van der Waals surface area contributed by atoms with E-state index in [0.29, 0.717) is 0 Å². The number of nitrogens with one attached hydrogen (secondary N) is 1. The van der Waals surface area contributed by atoms with Crippen molar-refractivity contribution < 1.29 is 0 Å². The highest BCUT2D eigenvalue weighted by Gasteiger charge is 2.17. The average molecular weight is 260 g/mol. The normalized spacial score (nSPS) is 16.6. The summed E-state index contributed by atoms with van der Waals surface area (Å²) >= 11 is 0. The zero-order valence-corrected chi connectivity index (χ0v) is 11.8. The molecule has 1 aromatic heterocycles. The van der Waals surface area contributed by atoms with Crippen LogP contribution in [0.3, 0.4) is 0 Å². The van der Waals surface area contributed by atoms with Crippen LogP contribution < -0.4 is 10.2 Å². The molecule has 0 atom stereocenters. The highest BCUT2D eigenvalue weighted by Crippen LogP contribution is 2.12. The third-order valence-corrected chi connectivity index (χ3v) is 3.42. The molecule has 2 heterocycles. The molecule has 0 amide bonds. The van der Waals surface area contributed by atoms with Gasteiger partial charge in [0.1, 0.15) is 5.82 Å².